The second-order valence-corrected chi connectivity index (χ2v) is 5.74. The molecule has 1 aromatic rings. The number of hydrogen-bond acceptors (Lipinski definition) is 2. The van der Waals surface area contributed by atoms with E-state index in [1.165, 1.54) is 0 Å². The SMILES string of the molecule is C=CCCCN(C)C(=O)C(C)Oc1ccc(C)cc1Br. The van der Waals surface area contributed by atoms with Gasteiger partial charge in [-0.1, -0.05) is 12.1 Å². The lowest BCUT2D eigenvalue weighted by Gasteiger charge is -2.22. The van der Waals surface area contributed by atoms with E-state index >= 15 is 0 Å². The van der Waals surface area contributed by atoms with Gasteiger partial charge in [0.05, 0.1) is 4.47 Å². The maximum absolute atomic E-state index is 12.2. The number of ether oxygens (including phenoxy) is 1. The summed E-state index contributed by atoms with van der Waals surface area (Å²) >= 11 is 3.45. The third kappa shape index (κ3) is 5.00. The summed E-state index contributed by atoms with van der Waals surface area (Å²) in [5.41, 5.74) is 1.14. The molecule has 0 aliphatic carbocycles. The Hall–Kier alpha value is -1.29. The van der Waals surface area contributed by atoms with E-state index < -0.39 is 6.10 Å². The molecule has 0 saturated heterocycles. The monoisotopic (exact) mass is 339 g/mol. The Kier molecular flexibility index (Phi) is 6.79. The summed E-state index contributed by atoms with van der Waals surface area (Å²) in [6.45, 7) is 8.18. The minimum atomic E-state index is -0.497. The Morgan fingerprint density at radius 3 is 2.85 bits per heavy atom. The maximum Gasteiger partial charge on any atom is 0.263 e. The number of carbonyl (C=O) groups is 1. The lowest BCUT2D eigenvalue weighted by molar-refractivity contribution is -0.136. The van der Waals surface area contributed by atoms with Crippen molar-refractivity contribution in [1.29, 1.82) is 0 Å². The van der Waals surface area contributed by atoms with Crippen LogP contribution in [0.4, 0.5) is 0 Å². The standard InChI is InChI=1S/C16H22BrNO2/c1-5-6-7-10-18(4)16(19)13(3)20-15-9-8-12(2)11-14(15)17/h5,8-9,11,13H,1,6-7,10H2,2-4H3. The molecule has 4 heteroatoms. The van der Waals surface area contributed by atoms with Crippen LogP contribution in [0.25, 0.3) is 0 Å². The van der Waals surface area contributed by atoms with Crippen LogP contribution in [0.5, 0.6) is 5.75 Å². The molecule has 1 aromatic carbocycles. The van der Waals surface area contributed by atoms with Gasteiger partial charge in [0.15, 0.2) is 6.10 Å². The van der Waals surface area contributed by atoms with Crippen LogP contribution in [0.15, 0.2) is 35.3 Å². The molecule has 1 rings (SSSR count). The lowest BCUT2D eigenvalue weighted by atomic mass is 10.2. The fraction of sp³-hybridized carbons (Fsp3) is 0.438. The Morgan fingerprint density at radius 1 is 1.55 bits per heavy atom. The number of benzene rings is 1. The summed E-state index contributed by atoms with van der Waals surface area (Å²) in [5.74, 6) is 0.678. The minimum absolute atomic E-state index is 0.0125. The van der Waals surface area contributed by atoms with Crippen LogP contribution >= 0.6 is 15.9 Å². The van der Waals surface area contributed by atoms with Gasteiger partial charge in [0.2, 0.25) is 0 Å². The van der Waals surface area contributed by atoms with Crippen molar-refractivity contribution in [2.75, 3.05) is 13.6 Å². The van der Waals surface area contributed by atoms with Crippen LogP contribution < -0.4 is 4.74 Å². The van der Waals surface area contributed by atoms with Crippen molar-refractivity contribution < 1.29 is 9.53 Å². The molecule has 0 fully saturated rings. The quantitative estimate of drug-likeness (QED) is 0.556. The topological polar surface area (TPSA) is 29.5 Å². The van der Waals surface area contributed by atoms with Crippen LogP contribution in [-0.4, -0.2) is 30.5 Å². The molecule has 0 saturated carbocycles. The van der Waals surface area contributed by atoms with Gasteiger partial charge in [0.25, 0.3) is 5.91 Å². The molecule has 0 aromatic heterocycles. The number of rotatable bonds is 7. The molecule has 0 radical (unpaired) electrons. The molecule has 1 amide bonds. The van der Waals surface area contributed by atoms with E-state index in [-0.39, 0.29) is 5.91 Å². The molecule has 0 heterocycles. The summed E-state index contributed by atoms with van der Waals surface area (Å²) in [7, 11) is 1.80. The van der Waals surface area contributed by atoms with Gasteiger partial charge in [0.1, 0.15) is 5.75 Å². The van der Waals surface area contributed by atoms with Gasteiger partial charge in [-0.3, -0.25) is 4.79 Å². The summed E-state index contributed by atoms with van der Waals surface area (Å²) in [6, 6.07) is 5.81. The molecule has 1 atom stereocenters. The second-order valence-electron chi connectivity index (χ2n) is 4.88. The van der Waals surface area contributed by atoms with E-state index in [4.69, 9.17) is 4.74 Å². The molecular formula is C16H22BrNO2. The van der Waals surface area contributed by atoms with E-state index in [0.29, 0.717) is 12.3 Å². The molecular weight excluding hydrogens is 318 g/mol. The van der Waals surface area contributed by atoms with Crippen LogP contribution in [0, 0.1) is 6.92 Å². The van der Waals surface area contributed by atoms with Crippen molar-refractivity contribution in [3.8, 4) is 5.75 Å². The van der Waals surface area contributed by atoms with Gasteiger partial charge in [-0.25, -0.2) is 0 Å². The van der Waals surface area contributed by atoms with Gasteiger partial charge in [0, 0.05) is 13.6 Å². The third-order valence-electron chi connectivity index (χ3n) is 3.02. The molecule has 1 unspecified atom stereocenters. The average Bonchev–Trinajstić information content (AvgIpc) is 2.41. The number of unbranched alkanes of at least 4 members (excludes halogenated alkanes) is 1. The molecule has 0 spiro atoms. The number of likely N-dealkylation sites (N-methyl/N-ethyl adjacent to an activating group) is 1. The number of carbonyl (C=O) groups excluding carboxylic acids is 1. The first-order chi connectivity index (χ1) is 9.45. The number of amides is 1. The first-order valence-corrected chi connectivity index (χ1v) is 7.53. The van der Waals surface area contributed by atoms with E-state index in [9.17, 15) is 4.79 Å². The summed E-state index contributed by atoms with van der Waals surface area (Å²) < 4.78 is 6.60. The largest absolute Gasteiger partial charge is 0.480 e. The van der Waals surface area contributed by atoms with Crippen LogP contribution in [-0.2, 0) is 4.79 Å². The van der Waals surface area contributed by atoms with Crippen LogP contribution in [0.3, 0.4) is 0 Å². The van der Waals surface area contributed by atoms with Crippen molar-refractivity contribution in [2.45, 2.75) is 32.8 Å². The Bertz CT molecular complexity index is 474. The lowest BCUT2D eigenvalue weighted by Crippen LogP contribution is -2.38. The number of aryl methyl sites for hydroxylation is 1. The zero-order valence-corrected chi connectivity index (χ0v) is 13.9. The Morgan fingerprint density at radius 2 is 2.25 bits per heavy atom. The van der Waals surface area contributed by atoms with E-state index in [1.807, 2.05) is 31.2 Å². The number of halogens is 1. The van der Waals surface area contributed by atoms with Crippen molar-refractivity contribution in [1.82, 2.24) is 4.90 Å². The predicted octanol–water partition coefficient (Wildman–Crippen LogP) is 3.95. The zero-order chi connectivity index (χ0) is 15.1. The highest BCUT2D eigenvalue weighted by molar-refractivity contribution is 9.10. The Balaban J connectivity index is 2.58. The fourth-order valence-corrected chi connectivity index (χ4v) is 2.42. The average molecular weight is 340 g/mol. The van der Waals surface area contributed by atoms with Gasteiger partial charge < -0.3 is 9.64 Å². The molecule has 0 aliphatic rings. The fourth-order valence-electron chi connectivity index (χ4n) is 1.84. The number of allylic oxidation sites excluding steroid dienone is 1. The first kappa shape index (κ1) is 16.8. The maximum atomic E-state index is 12.2. The van der Waals surface area contributed by atoms with Crippen molar-refractivity contribution in [3.05, 3.63) is 40.9 Å². The highest BCUT2D eigenvalue weighted by Gasteiger charge is 2.19. The van der Waals surface area contributed by atoms with E-state index in [2.05, 4.69) is 22.5 Å². The van der Waals surface area contributed by atoms with Crippen molar-refractivity contribution in [3.63, 3.8) is 0 Å². The molecule has 0 aliphatic heterocycles. The van der Waals surface area contributed by atoms with E-state index in [0.717, 1.165) is 22.9 Å². The summed E-state index contributed by atoms with van der Waals surface area (Å²) in [6.07, 6.45) is 3.20. The molecule has 20 heavy (non-hydrogen) atoms. The Labute approximate surface area is 129 Å². The summed E-state index contributed by atoms with van der Waals surface area (Å²) in [4.78, 5) is 13.9. The minimum Gasteiger partial charge on any atom is -0.480 e. The predicted molar refractivity (Wildman–Crippen MR) is 86.0 cm³/mol. The number of nitrogens with zero attached hydrogens (tertiary/aromatic N) is 1. The number of hydrogen-bond donors (Lipinski definition) is 0. The molecule has 0 N–H and O–H groups in total. The second kappa shape index (κ2) is 8.10. The molecule has 3 nitrogen and oxygen atoms in total. The smallest absolute Gasteiger partial charge is 0.263 e. The normalized spacial score (nSPS) is 11.8. The van der Waals surface area contributed by atoms with Crippen molar-refractivity contribution in [2.24, 2.45) is 0 Å². The van der Waals surface area contributed by atoms with Crippen LogP contribution in [0.2, 0.25) is 0 Å². The van der Waals surface area contributed by atoms with Crippen LogP contribution in [0.1, 0.15) is 25.3 Å². The highest BCUT2D eigenvalue weighted by atomic mass is 79.9. The molecule has 110 valence electrons. The van der Waals surface area contributed by atoms with Gasteiger partial charge in [-0.15, -0.1) is 6.58 Å². The zero-order valence-electron chi connectivity index (χ0n) is 12.4. The highest BCUT2D eigenvalue weighted by Crippen LogP contribution is 2.26. The molecule has 0 bridgehead atoms. The van der Waals surface area contributed by atoms with Crippen molar-refractivity contribution >= 4 is 21.8 Å². The van der Waals surface area contributed by atoms with E-state index in [1.54, 1.807) is 18.9 Å². The van der Waals surface area contributed by atoms with Gasteiger partial charge in [-0.2, -0.15) is 0 Å². The van der Waals surface area contributed by atoms with Gasteiger partial charge >= 0.3 is 0 Å². The summed E-state index contributed by atoms with van der Waals surface area (Å²) in [5, 5.41) is 0. The van der Waals surface area contributed by atoms with Gasteiger partial charge in [-0.05, 0) is 60.3 Å². The third-order valence-corrected chi connectivity index (χ3v) is 3.64. The first-order valence-electron chi connectivity index (χ1n) is 6.74.